The number of hydrogen-bond acceptors (Lipinski definition) is 5. The molecule has 4 rings (SSSR count). The Morgan fingerprint density at radius 2 is 1.85 bits per heavy atom. The molecule has 0 fully saturated rings. The van der Waals surface area contributed by atoms with Crippen LogP contribution in [-0.2, 0) is 5.41 Å². The van der Waals surface area contributed by atoms with Gasteiger partial charge < -0.3 is 19.4 Å². The van der Waals surface area contributed by atoms with Crippen LogP contribution in [0.25, 0.3) is 10.9 Å². The molecule has 1 aromatic heterocycles. The Hall–Kier alpha value is -3.30. The molecule has 0 saturated heterocycles. The first kappa shape index (κ1) is 23.8. The molecule has 34 heavy (non-hydrogen) atoms. The van der Waals surface area contributed by atoms with Crippen LogP contribution >= 0.6 is 0 Å². The van der Waals surface area contributed by atoms with Gasteiger partial charge in [-0.25, -0.2) is 0 Å². The Morgan fingerprint density at radius 1 is 1.12 bits per heavy atom. The molecule has 3 aromatic rings. The van der Waals surface area contributed by atoms with Crippen molar-refractivity contribution in [1.29, 1.82) is 5.26 Å². The molecule has 0 bridgehead atoms. The lowest BCUT2D eigenvalue weighted by atomic mass is 9.71. The van der Waals surface area contributed by atoms with E-state index in [1.165, 1.54) is 0 Å². The summed E-state index contributed by atoms with van der Waals surface area (Å²) in [7, 11) is 0. The van der Waals surface area contributed by atoms with Gasteiger partial charge in [-0.1, -0.05) is 33.8 Å². The first-order valence-corrected chi connectivity index (χ1v) is 12.0. The maximum atomic E-state index is 13.8. The highest BCUT2D eigenvalue weighted by molar-refractivity contribution is 6.20. The highest BCUT2D eigenvalue weighted by atomic mass is 16.5. The molecule has 6 heteroatoms. The zero-order valence-electron chi connectivity index (χ0n) is 20.9. The summed E-state index contributed by atoms with van der Waals surface area (Å²) < 4.78 is 12.3. The maximum Gasteiger partial charge on any atom is 0.195 e. The van der Waals surface area contributed by atoms with Crippen molar-refractivity contribution in [2.75, 3.05) is 26.2 Å². The average Bonchev–Trinajstić information content (AvgIpc) is 3.20. The largest absolute Gasteiger partial charge is 0.488 e. The minimum absolute atomic E-state index is 0.0384. The summed E-state index contributed by atoms with van der Waals surface area (Å²) in [6.07, 6.45) is -0.0528. The summed E-state index contributed by atoms with van der Waals surface area (Å²) in [5, 5.41) is 10.1. The molecular weight excluding hydrogens is 426 g/mol. The van der Waals surface area contributed by atoms with Crippen LogP contribution in [0.4, 0.5) is 0 Å². The fourth-order valence-electron chi connectivity index (χ4n) is 4.79. The standard InChI is InChI=1S/C28H33N3O3/c1-7-31(8-2)11-12-33-23-15-21-20(14-24(23)34-17(3)4)26(32)25-19-10-9-18(16-29)13-22(19)30-27(25)28(21,5)6/h9-10,13-15,17,30H,7-8,11-12H2,1-6H3. The zero-order chi connectivity index (χ0) is 24.6. The molecular formula is C28H33N3O3. The fraction of sp³-hybridized carbons (Fsp3) is 0.429. The number of H-pyrrole nitrogens is 1. The zero-order valence-corrected chi connectivity index (χ0v) is 20.9. The average molecular weight is 460 g/mol. The van der Waals surface area contributed by atoms with Crippen LogP contribution in [0.1, 0.15) is 74.3 Å². The second kappa shape index (κ2) is 9.15. The van der Waals surface area contributed by atoms with Crippen LogP contribution in [0.2, 0.25) is 0 Å². The lowest BCUT2D eigenvalue weighted by molar-refractivity contribution is 0.103. The van der Waals surface area contributed by atoms with E-state index in [0.29, 0.717) is 34.8 Å². The van der Waals surface area contributed by atoms with Crippen molar-refractivity contribution in [2.24, 2.45) is 0 Å². The Labute approximate surface area is 201 Å². The van der Waals surface area contributed by atoms with E-state index in [4.69, 9.17) is 9.47 Å². The molecule has 6 nitrogen and oxygen atoms in total. The Morgan fingerprint density at radius 3 is 2.50 bits per heavy atom. The molecule has 1 N–H and O–H groups in total. The van der Waals surface area contributed by atoms with Gasteiger partial charge in [0.25, 0.3) is 0 Å². The van der Waals surface area contributed by atoms with Gasteiger partial charge in [0.15, 0.2) is 17.3 Å². The smallest absolute Gasteiger partial charge is 0.195 e. The van der Waals surface area contributed by atoms with Crippen molar-refractivity contribution in [3.8, 4) is 17.6 Å². The third kappa shape index (κ3) is 4.05. The number of ether oxygens (including phenoxy) is 2. The predicted octanol–water partition coefficient (Wildman–Crippen LogP) is 5.42. The summed E-state index contributed by atoms with van der Waals surface area (Å²) in [4.78, 5) is 19.5. The maximum absolute atomic E-state index is 13.8. The molecule has 2 aromatic carbocycles. The van der Waals surface area contributed by atoms with Crippen molar-refractivity contribution in [3.63, 3.8) is 0 Å². The van der Waals surface area contributed by atoms with Crippen LogP contribution in [0.15, 0.2) is 30.3 Å². The molecule has 0 radical (unpaired) electrons. The van der Waals surface area contributed by atoms with E-state index in [2.05, 4.69) is 43.6 Å². The van der Waals surface area contributed by atoms with Gasteiger partial charge in [0.2, 0.25) is 0 Å². The minimum atomic E-state index is -0.461. The van der Waals surface area contributed by atoms with Gasteiger partial charge in [-0.15, -0.1) is 0 Å². The number of nitrogens with one attached hydrogen (secondary N) is 1. The highest BCUT2D eigenvalue weighted by Crippen LogP contribution is 2.47. The van der Waals surface area contributed by atoms with Crippen molar-refractivity contribution in [2.45, 2.75) is 53.1 Å². The van der Waals surface area contributed by atoms with Crippen molar-refractivity contribution < 1.29 is 14.3 Å². The lowest BCUT2D eigenvalue weighted by Crippen LogP contribution is -2.31. The summed E-state index contributed by atoms with van der Waals surface area (Å²) in [5.74, 6) is 1.21. The van der Waals surface area contributed by atoms with Gasteiger partial charge in [0, 0.05) is 34.1 Å². The van der Waals surface area contributed by atoms with E-state index in [-0.39, 0.29) is 11.9 Å². The number of aromatic nitrogens is 1. The first-order chi connectivity index (χ1) is 16.2. The third-order valence-corrected chi connectivity index (χ3v) is 6.70. The van der Waals surface area contributed by atoms with Gasteiger partial charge in [-0.05, 0) is 56.8 Å². The van der Waals surface area contributed by atoms with E-state index >= 15 is 0 Å². The number of likely N-dealkylation sites (N-methyl/N-ethyl adjacent to an activating group) is 1. The summed E-state index contributed by atoms with van der Waals surface area (Å²) in [5.41, 5.74) is 3.97. The van der Waals surface area contributed by atoms with Gasteiger partial charge in [-0.3, -0.25) is 4.79 Å². The number of fused-ring (bicyclic) bond motifs is 4. The molecule has 1 heterocycles. The second-order valence-electron chi connectivity index (χ2n) is 9.59. The Bertz CT molecular complexity index is 1280. The minimum Gasteiger partial charge on any atom is -0.488 e. The van der Waals surface area contributed by atoms with Gasteiger partial charge in [0.05, 0.1) is 23.3 Å². The number of benzene rings is 2. The van der Waals surface area contributed by atoms with Crippen LogP contribution in [0.3, 0.4) is 0 Å². The first-order valence-electron chi connectivity index (χ1n) is 12.0. The normalized spacial score (nSPS) is 14.3. The van der Waals surface area contributed by atoms with Gasteiger partial charge in [0.1, 0.15) is 6.61 Å². The quantitative estimate of drug-likeness (QED) is 0.487. The van der Waals surface area contributed by atoms with Crippen molar-refractivity contribution in [1.82, 2.24) is 9.88 Å². The lowest BCUT2D eigenvalue weighted by Gasteiger charge is -2.33. The monoisotopic (exact) mass is 459 g/mol. The van der Waals surface area contributed by atoms with Crippen LogP contribution < -0.4 is 9.47 Å². The van der Waals surface area contributed by atoms with E-state index in [9.17, 15) is 10.1 Å². The van der Waals surface area contributed by atoms with Crippen LogP contribution in [-0.4, -0.2) is 48.0 Å². The number of carbonyl (C=O) groups is 1. The molecule has 0 amide bonds. The van der Waals surface area contributed by atoms with Gasteiger partial charge in [-0.2, -0.15) is 5.26 Å². The van der Waals surface area contributed by atoms with E-state index in [1.807, 2.05) is 32.0 Å². The van der Waals surface area contributed by atoms with Crippen molar-refractivity contribution >= 4 is 16.7 Å². The summed E-state index contributed by atoms with van der Waals surface area (Å²) in [6.45, 7) is 15.7. The van der Waals surface area contributed by atoms with Crippen LogP contribution in [0, 0.1) is 11.3 Å². The SMILES string of the molecule is CCN(CC)CCOc1cc2c(cc1OC(C)C)C(=O)c1c([nH]c3cc(C#N)ccc13)C2(C)C. The Kier molecular flexibility index (Phi) is 6.42. The number of aromatic amines is 1. The molecule has 0 atom stereocenters. The van der Waals surface area contributed by atoms with E-state index in [0.717, 1.165) is 41.8 Å². The number of ketones is 1. The fourth-order valence-corrected chi connectivity index (χ4v) is 4.79. The van der Waals surface area contributed by atoms with Gasteiger partial charge >= 0.3 is 0 Å². The number of hydrogen-bond donors (Lipinski definition) is 1. The molecule has 0 unspecified atom stereocenters. The van der Waals surface area contributed by atoms with E-state index < -0.39 is 5.41 Å². The Balaban J connectivity index is 1.81. The summed E-state index contributed by atoms with van der Waals surface area (Å²) in [6, 6.07) is 11.4. The number of nitriles is 1. The molecule has 0 aliphatic heterocycles. The van der Waals surface area contributed by atoms with E-state index in [1.54, 1.807) is 12.1 Å². The number of carbonyl (C=O) groups excluding carboxylic acids is 1. The second-order valence-corrected chi connectivity index (χ2v) is 9.59. The third-order valence-electron chi connectivity index (χ3n) is 6.70. The summed E-state index contributed by atoms with van der Waals surface area (Å²) >= 11 is 0. The highest BCUT2D eigenvalue weighted by Gasteiger charge is 2.40. The molecule has 1 aliphatic rings. The number of rotatable bonds is 8. The van der Waals surface area contributed by atoms with Crippen LogP contribution in [0.5, 0.6) is 11.5 Å². The number of nitrogens with zero attached hydrogens (tertiary/aromatic N) is 2. The topological polar surface area (TPSA) is 78.3 Å². The molecule has 178 valence electrons. The molecule has 1 aliphatic carbocycles. The predicted molar refractivity (Wildman–Crippen MR) is 134 cm³/mol. The molecule has 0 spiro atoms. The van der Waals surface area contributed by atoms with Crippen molar-refractivity contribution in [3.05, 3.63) is 58.3 Å². The molecule has 0 saturated carbocycles.